The van der Waals surface area contributed by atoms with Crippen LogP contribution in [0.3, 0.4) is 0 Å². The normalized spacial score (nSPS) is 22.7. The number of hydrogen-bond donors (Lipinski definition) is 2. The fourth-order valence-corrected chi connectivity index (χ4v) is 4.57. The van der Waals surface area contributed by atoms with Gasteiger partial charge in [0.2, 0.25) is 17.7 Å². The van der Waals surface area contributed by atoms with Crippen LogP contribution in [0.1, 0.15) is 18.4 Å². The van der Waals surface area contributed by atoms with Crippen LogP contribution in [0.4, 0.5) is 10.1 Å². The Morgan fingerprint density at radius 2 is 1.91 bits per heavy atom. The average Bonchev–Trinajstić information content (AvgIpc) is 3.33. The highest BCUT2D eigenvalue weighted by Crippen LogP contribution is 2.40. The molecule has 1 spiro atoms. The molecule has 7 nitrogen and oxygen atoms in total. The van der Waals surface area contributed by atoms with Gasteiger partial charge >= 0.3 is 0 Å². The van der Waals surface area contributed by atoms with Gasteiger partial charge in [-0.3, -0.25) is 19.3 Å². The van der Waals surface area contributed by atoms with Crippen LogP contribution in [-0.2, 0) is 20.9 Å². The molecule has 2 aliphatic heterocycles. The summed E-state index contributed by atoms with van der Waals surface area (Å²) in [6, 6.07) is 14.9. The lowest BCUT2D eigenvalue weighted by Crippen LogP contribution is -2.45. The molecule has 2 aromatic carbocycles. The molecule has 0 unspecified atom stereocenters. The molecule has 3 amide bonds. The van der Waals surface area contributed by atoms with Gasteiger partial charge in [-0.15, -0.1) is 0 Å². The van der Waals surface area contributed by atoms with Gasteiger partial charge in [-0.1, -0.05) is 30.3 Å². The Morgan fingerprint density at radius 3 is 2.62 bits per heavy atom. The van der Waals surface area contributed by atoms with Crippen LogP contribution >= 0.6 is 0 Å². The van der Waals surface area contributed by atoms with Crippen molar-refractivity contribution < 1.29 is 18.8 Å². The smallest absolute Gasteiger partial charge is 0.245 e. The van der Waals surface area contributed by atoms with Gasteiger partial charge in [-0.25, -0.2) is 4.39 Å². The lowest BCUT2D eigenvalue weighted by atomic mass is 9.83. The van der Waals surface area contributed by atoms with Crippen molar-refractivity contribution in [2.75, 3.05) is 32.0 Å². The first-order valence-electron chi connectivity index (χ1n) is 10.7. The summed E-state index contributed by atoms with van der Waals surface area (Å²) in [4.78, 5) is 41.5. The summed E-state index contributed by atoms with van der Waals surface area (Å²) in [5, 5.41) is 5.49. The van der Waals surface area contributed by atoms with E-state index in [1.807, 2.05) is 18.2 Å². The lowest BCUT2D eigenvalue weighted by molar-refractivity contribution is -0.135. The van der Waals surface area contributed by atoms with Gasteiger partial charge in [0.05, 0.1) is 12.0 Å². The molecule has 2 aliphatic rings. The molecule has 8 heteroatoms. The van der Waals surface area contributed by atoms with Crippen molar-refractivity contribution >= 4 is 23.4 Å². The van der Waals surface area contributed by atoms with Gasteiger partial charge < -0.3 is 15.5 Å². The maximum absolute atomic E-state index is 13.0. The summed E-state index contributed by atoms with van der Waals surface area (Å²) < 4.78 is 13.0. The van der Waals surface area contributed by atoms with E-state index in [-0.39, 0.29) is 24.3 Å². The van der Waals surface area contributed by atoms with Gasteiger partial charge in [0.25, 0.3) is 0 Å². The first-order chi connectivity index (χ1) is 15.3. The van der Waals surface area contributed by atoms with Crippen LogP contribution in [0.5, 0.6) is 0 Å². The Bertz CT molecular complexity index is 998. The Morgan fingerprint density at radius 1 is 1.19 bits per heavy atom. The molecule has 0 saturated carbocycles. The number of nitrogens with zero attached hydrogens (tertiary/aromatic N) is 2. The van der Waals surface area contributed by atoms with E-state index in [0.29, 0.717) is 25.1 Å². The Kier molecular flexibility index (Phi) is 6.23. The first kappa shape index (κ1) is 22.0. The summed E-state index contributed by atoms with van der Waals surface area (Å²) in [6.07, 6.45) is 1.14. The number of anilines is 1. The molecular weight excluding hydrogens is 411 g/mol. The van der Waals surface area contributed by atoms with Crippen LogP contribution in [-0.4, -0.2) is 60.2 Å². The third-order valence-corrected chi connectivity index (χ3v) is 6.25. The molecule has 0 aromatic heterocycles. The van der Waals surface area contributed by atoms with Crippen molar-refractivity contribution in [2.45, 2.75) is 25.4 Å². The van der Waals surface area contributed by atoms with E-state index < -0.39 is 17.3 Å². The Hall–Kier alpha value is -3.26. The fraction of sp³-hybridized carbons (Fsp3) is 0.375. The zero-order valence-corrected chi connectivity index (χ0v) is 18.0. The number of hydrogen-bond acceptors (Lipinski definition) is 4. The first-order valence-corrected chi connectivity index (χ1v) is 10.7. The highest BCUT2D eigenvalue weighted by atomic mass is 19.1. The second-order valence-electron chi connectivity index (χ2n) is 8.71. The summed E-state index contributed by atoms with van der Waals surface area (Å²) >= 11 is 0. The van der Waals surface area contributed by atoms with E-state index in [4.69, 9.17) is 0 Å². The molecule has 0 radical (unpaired) electrons. The molecular formula is C24H27FN4O3. The highest BCUT2D eigenvalue weighted by Gasteiger charge is 2.52. The second kappa shape index (κ2) is 9.08. The van der Waals surface area contributed by atoms with Crippen LogP contribution in [0.25, 0.3) is 0 Å². The molecule has 2 N–H and O–H groups in total. The molecule has 0 bridgehead atoms. The zero-order valence-electron chi connectivity index (χ0n) is 18.0. The molecule has 168 valence electrons. The predicted octanol–water partition coefficient (Wildman–Crippen LogP) is 2.00. The van der Waals surface area contributed by atoms with E-state index in [1.165, 1.54) is 34.7 Å². The van der Waals surface area contributed by atoms with E-state index in [0.717, 1.165) is 13.1 Å². The van der Waals surface area contributed by atoms with Crippen molar-refractivity contribution in [3.63, 3.8) is 0 Å². The molecule has 2 heterocycles. The molecule has 32 heavy (non-hydrogen) atoms. The molecule has 0 aliphatic carbocycles. The minimum atomic E-state index is -0.636. The van der Waals surface area contributed by atoms with Gasteiger partial charge in [0, 0.05) is 25.8 Å². The molecule has 4 rings (SSSR count). The number of rotatable bonds is 6. The fourth-order valence-electron chi connectivity index (χ4n) is 4.57. The minimum absolute atomic E-state index is 0.0874. The largest absolute Gasteiger partial charge is 0.344 e. The number of carbonyl (C=O) groups is 3. The van der Waals surface area contributed by atoms with Crippen LogP contribution in [0.2, 0.25) is 0 Å². The standard InChI is InChI=1S/C24H27FN4O3/c1-28(15-21(30)26-19-9-7-18(25)8-10-19)22(31)20-13-24(23(32)27-20)11-12-29(16-24)14-17-5-3-2-4-6-17/h2-10,20H,11-16H2,1H3,(H,26,30)(H,27,32)/t20-,24+/m0/s1. The van der Waals surface area contributed by atoms with Crippen molar-refractivity contribution in [3.8, 4) is 0 Å². The minimum Gasteiger partial charge on any atom is -0.344 e. The van der Waals surface area contributed by atoms with Crippen molar-refractivity contribution in [1.29, 1.82) is 0 Å². The summed E-state index contributed by atoms with van der Waals surface area (Å²) in [5.41, 5.74) is 1.09. The van der Waals surface area contributed by atoms with Crippen LogP contribution < -0.4 is 10.6 Å². The molecule has 2 fully saturated rings. The number of benzene rings is 2. The summed E-state index contributed by atoms with van der Waals surface area (Å²) in [6.45, 7) is 2.04. The van der Waals surface area contributed by atoms with Gasteiger partial charge in [-0.05, 0) is 49.2 Å². The highest BCUT2D eigenvalue weighted by molar-refractivity contribution is 5.98. The average molecular weight is 439 g/mol. The number of nitrogens with one attached hydrogen (secondary N) is 2. The molecule has 2 aromatic rings. The van der Waals surface area contributed by atoms with E-state index in [2.05, 4.69) is 27.7 Å². The van der Waals surface area contributed by atoms with Crippen LogP contribution in [0, 0.1) is 11.2 Å². The van der Waals surface area contributed by atoms with E-state index in [9.17, 15) is 18.8 Å². The quantitative estimate of drug-likeness (QED) is 0.723. The third kappa shape index (κ3) is 4.80. The van der Waals surface area contributed by atoms with Crippen molar-refractivity contribution in [3.05, 3.63) is 66.0 Å². The number of likely N-dealkylation sites (tertiary alicyclic amines) is 1. The number of carbonyl (C=O) groups excluding carboxylic acids is 3. The number of amides is 3. The number of likely N-dealkylation sites (N-methyl/N-ethyl adjacent to an activating group) is 1. The van der Waals surface area contributed by atoms with E-state index in [1.54, 1.807) is 7.05 Å². The summed E-state index contributed by atoms with van der Waals surface area (Å²) in [7, 11) is 1.54. The second-order valence-corrected chi connectivity index (χ2v) is 8.71. The van der Waals surface area contributed by atoms with Gasteiger partial charge in [0.1, 0.15) is 11.9 Å². The SMILES string of the molecule is CN(CC(=O)Nc1ccc(F)cc1)C(=O)[C@@H]1C[C@@]2(CCN(Cc3ccccc3)C2)C(=O)N1. The monoisotopic (exact) mass is 438 g/mol. The molecule has 2 atom stereocenters. The molecule has 2 saturated heterocycles. The van der Waals surface area contributed by atoms with Crippen LogP contribution in [0.15, 0.2) is 54.6 Å². The zero-order chi connectivity index (χ0) is 22.7. The van der Waals surface area contributed by atoms with Gasteiger partial charge in [0.15, 0.2) is 0 Å². The maximum atomic E-state index is 13.0. The predicted molar refractivity (Wildman–Crippen MR) is 118 cm³/mol. The Balaban J connectivity index is 1.31. The number of halogens is 1. The maximum Gasteiger partial charge on any atom is 0.245 e. The summed E-state index contributed by atoms with van der Waals surface area (Å²) in [5.74, 6) is -1.15. The lowest BCUT2D eigenvalue weighted by Gasteiger charge is -2.23. The van der Waals surface area contributed by atoms with E-state index >= 15 is 0 Å². The Labute approximate surface area is 186 Å². The third-order valence-electron chi connectivity index (χ3n) is 6.25. The van der Waals surface area contributed by atoms with Gasteiger partial charge in [-0.2, -0.15) is 0 Å². The van der Waals surface area contributed by atoms with Crippen molar-refractivity contribution in [2.24, 2.45) is 5.41 Å². The topological polar surface area (TPSA) is 81.8 Å². The van der Waals surface area contributed by atoms with Crippen molar-refractivity contribution in [1.82, 2.24) is 15.1 Å².